The van der Waals surface area contributed by atoms with E-state index in [1.165, 1.54) is 17.4 Å². The van der Waals surface area contributed by atoms with Crippen LogP contribution in [-0.4, -0.2) is 24.7 Å². The van der Waals surface area contributed by atoms with E-state index in [2.05, 4.69) is 15.3 Å². The third-order valence-corrected chi connectivity index (χ3v) is 5.83. The van der Waals surface area contributed by atoms with Gasteiger partial charge in [0.05, 0.1) is 27.9 Å². The molecule has 0 radical (unpaired) electrons. The summed E-state index contributed by atoms with van der Waals surface area (Å²) in [4.78, 5) is 11.6. The molecule has 5 rings (SSSR count). The van der Waals surface area contributed by atoms with Gasteiger partial charge in [0.1, 0.15) is 17.3 Å². The van der Waals surface area contributed by atoms with Gasteiger partial charge in [0.2, 0.25) is 4.96 Å². The van der Waals surface area contributed by atoms with Crippen molar-refractivity contribution < 1.29 is 13.8 Å². The van der Waals surface area contributed by atoms with Crippen LogP contribution in [0.4, 0.5) is 5.69 Å². The molecule has 0 spiro atoms. The Bertz CT molecular complexity index is 1430. The fourth-order valence-electron chi connectivity index (χ4n) is 3.20. The molecule has 4 aromatic heterocycles. The zero-order chi connectivity index (χ0) is 21.0. The smallest absolute Gasteiger partial charge is 0.281 e. The summed E-state index contributed by atoms with van der Waals surface area (Å²) in [7, 11) is 0. The summed E-state index contributed by atoms with van der Waals surface area (Å²) < 4.78 is 12.8. The number of aryl methyl sites for hydroxylation is 2. The molecule has 0 aliphatic heterocycles. The number of benzene rings is 1. The number of nitro groups is 1. The van der Waals surface area contributed by atoms with Gasteiger partial charge in [-0.3, -0.25) is 10.1 Å². The molecule has 5 aromatic rings. The van der Waals surface area contributed by atoms with Crippen molar-refractivity contribution in [3.05, 3.63) is 63.3 Å². The lowest BCUT2D eigenvalue weighted by molar-refractivity contribution is -0.384. The molecule has 9 nitrogen and oxygen atoms in total. The topological polar surface area (TPSA) is 112 Å². The zero-order valence-corrected chi connectivity index (χ0v) is 17.2. The Morgan fingerprint density at radius 1 is 1.10 bits per heavy atom. The lowest BCUT2D eigenvalue weighted by Crippen LogP contribution is -1.91. The second-order valence-corrected chi connectivity index (χ2v) is 7.91. The molecule has 0 N–H and O–H groups in total. The predicted octanol–water partition coefficient (Wildman–Crippen LogP) is 5.55. The molecule has 4 heterocycles. The average molecular weight is 442 g/mol. The fraction of sp³-hybridized carbons (Fsp3) is 0.105. The van der Waals surface area contributed by atoms with E-state index in [9.17, 15) is 10.1 Å². The number of halogens is 1. The first kappa shape index (κ1) is 18.5. The van der Waals surface area contributed by atoms with Crippen LogP contribution in [0, 0.1) is 24.0 Å². The predicted molar refractivity (Wildman–Crippen MR) is 111 cm³/mol. The van der Waals surface area contributed by atoms with Crippen molar-refractivity contribution in [2.75, 3.05) is 0 Å². The highest BCUT2D eigenvalue weighted by molar-refractivity contribution is 7.19. The van der Waals surface area contributed by atoms with Crippen molar-refractivity contribution in [3.8, 4) is 33.3 Å². The van der Waals surface area contributed by atoms with E-state index in [4.69, 9.17) is 20.4 Å². The maximum absolute atomic E-state index is 11.4. The number of nitro benzene ring substituents is 1. The van der Waals surface area contributed by atoms with Gasteiger partial charge in [-0.2, -0.15) is 9.61 Å². The summed E-state index contributed by atoms with van der Waals surface area (Å²) in [5, 5.41) is 25.4. The lowest BCUT2D eigenvalue weighted by Gasteiger charge is -2.00. The van der Waals surface area contributed by atoms with Crippen LogP contribution in [0.1, 0.15) is 11.5 Å². The first-order valence-corrected chi connectivity index (χ1v) is 9.93. The molecule has 0 aliphatic carbocycles. The van der Waals surface area contributed by atoms with Gasteiger partial charge in [0, 0.05) is 11.1 Å². The third-order valence-electron chi connectivity index (χ3n) is 4.66. The highest BCUT2D eigenvalue weighted by Crippen LogP contribution is 2.39. The maximum atomic E-state index is 11.4. The largest absolute Gasteiger partial charge is 0.469 e. The van der Waals surface area contributed by atoms with E-state index in [1.807, 2.05) is 13.0 Å². The third kappa shape index (κ3) is 2.88. The van der Waals surface area contributed by atoms with Crippen LogP contribution in [0.25, 0.3) is 38.2 Å². The quantitative estimate of drug-likeness (QED) is 0.265. The molecule has 30 heavy (non-hydrogen) atoms. The Kier molecular flexibility index (Phi) is 4.19. The van der Waals surface area contributed by atoms with Gasteiger partial charge < -0.3 is 8.83 Å². The molecule has 0 bridgehead atoms. The Morgan fingerprint density at radius 2 is 1.93 bits per heavy atom. The Hall–Kier alpha value is -3.50. The first-order chi connectivity index (χ1) is 14.4. The molecule has 0 saturated carbocycles. The van der Waals surface area contributed by atoms with Crippen molar-refractivity contribution >= 4 is 33.6 Å². The van der Waals surface area contributed by atoms with Crippen LogP contribution >= 0.6 is 22.9 Å². The Morgan fingerprint density at radius 3 is 2.67 bits per heavy atom. The van der Waals surface area contributed by atoms with Crippen molar-refractivity contribution in [3.63, 3.8) is 0 Å². The van der Waals surface area contributed by atoms with E-state index >= 15 is 0 Å². The van der Waals surface area contributed by atoms with E-state index in [0.29, 0.717) is 32.9 Å². The summed E-state index contributed by atoms with van der Waals surface area (Å²) in [6, 6.07) is 8.01. The van der Waals surface area contributed by atoms with Crippen LogP contribution < -0.4 is 0 Å². The molecule has 0 fully saturated rings. The summed E-state index contributed by atoms with van der Waals surface area (Å²) in [5.74, 6) is 2.24. The van der Waals surface area contributed by atoms with Crippen molar-refractivity contribution in [2.24, 2.45) is 0 Å². The minimum absolute atomic E-state index is 0.126. The minimum atomic E-state index is -0.485. The molecule has 0 saturated heterocycles. The van der Waals surface area contributed by atoms with Gasteiger partial charge in [0.25, 0.3) is 5.69 Å². The first-order valence-electron chi connectivity index (χ1n) is 8.74. The van der Waals surface area contributed by atoms with Crippen LogP contribution in [0.3, 0.4) is 0 Å². The molecule has 11 heteroatoms. The van der Waals surface area contributed by atoms with E-state index < -0.39 is 4.92 Å². The summed E-state index contributed by atoms with van der Waals surface area (Å²) in [5.41, 5.74) is 1.75. The Balaban J connectivity index is 1.61. The summed E-state index contributed by atoms with van der Waals surface area (Å²) >= 11 is 7.26. The van der Waals surface area contributed by atoms with Crippen LogP contribution in [-0.2, 0) is 0 Å². The SMILES string of the molecule is Cc1oc(-c2ccc(Cl)cc2[N+](=O)[O-])cc1-c1nn2c(-c3ccoc3C)nnc2s1. The second-order valence-electron chi connectivity index (χ2n) is 6.51. The molecule has 0 aliphatic rings. The number of hydrogen-bond donors (Lipinski definition) is 0. The van der Waals surface area contributed by atoms with Crippen LogP contribution in [0.15, 0.2) is 45.4 Å². The molecule has 0 amide bonds. The number of rotatable bonds is 4. The lowest BCUT2D eigenvalue weighted by atomic mass is 10.1. The standard InChI is InChI=1S/C19H12ClN5O4S/c1-9-12(5-6-28-9)17-21-22-19-24(17)23-18(30-19)14-8-16(29-10(14)2)13-4-3-11(20)7-15(13)25(26)27/h3-8H,1-2H3. The monoisotopic (exact) mass is 441 g/mol. The Labute approximate surface area is 177 Å². The molecule has 150 valence electrons. The summed E-state index contributed by atoms with van der Waals surface area (Å²) in [6.07, 6.45) is 1.59. The van der Waals surface area contributed by atoms with Gasteiger partial charge in [0.15, 0.2) is 10.8 Å². The number of hydrogen-bond acceptors (Lipinski definition) is 8. The normalized spacial score (nSPS) is 11.4. The molecule has 0 unspecified atom stereocenters. The minimum Gasteiger partial charge on any atom is -0.469 e. The number of nitrogens with zero attached hydrogens (tertiary/aromatic N) is 5. The van der Waals surface area contributed by atoms with Gasteiger partial charge >= 0.3 is 0 Å². The number of aromatic nitrogens is 4. The summed E-state index contributed by atoms with van der Waals surface area (Å²) in [6.45, 7) is 3.62. The highest BCUT2D eigenvalue weighted by atomic mass is 35.5. The van der Waals surface area contributed by atoms with Crippen molar-refractivity contribution in [1.82, 2.24) is 19.8 Å². The average Bonchev–Trinajstić information content (AvgIpc) is 3.45. The van der Waals surface area contributed by atoms with Gasteiger partial charge in [-0.1, -0.05) is 22.9 Å². The van der Waals surface area contributed by atoms with Gasteiger partial charge in [-0.05, 0) is 38.1 Å². The molecular formula is C19H12ClN5O4S. The zero-order valence-electron chi connectivity index (χ0n) is 15.6. The van der Waals surface area contributed by atoms with E-state index in [0.717, 1.165) is 16.9 Å². The van der Waals surface area contributed by atoms with Crippen LogP contribution in [0.2, 0.25) is 5.02 Å². The number of fused-ring (bicyclic) bond motifs is 1. The van der Waals surface area contributed by atoms with E-state index in [-0.39, 0.29) is 10.7 Å². The van der Waals surface area contributed by atoms with Crippen molar-refractivity contribution in [1.29, 1.82) is 0 Å². The van der Waals surface area contributed by atoms with Gasteiger partial charge in [-0.25, -0.2) is 0 Å². The fourth-order valence-corrected chi connectivity index (χ4v) is 4.27. The molecular weight excluding hydrogens is 430 g/mol. The highest BCUT2D eigenvalue weighted by Gasteiger charge is 2.23. The molecule has 1 aromatic carbocycles. The van der Waals surface area contributed by atoms with E-state index in [1.54, 1.807) is 35.9 Å². The van der Waals surface area contributed by atoms with Gasteiger partial charge in [-0.15, -0.1) is 10.2 Å². The second kappa shape index (κ2) is 6.78. The van der Waals surface area contributed by atoms with Crippen molar-refractivity contribution in [2.45, 2.75) is 13.8 Å². The number of furan rings is 2. The maximum Gasteiger partial charge on any atom is 0.281 e. The molecule has 0 atom stereocenters. The van der Waals surface area contributed by atoms with Crippen LogP contribution in [0.5, 0.6) is 0 Å².